The van der Waals surface area contributed by atoms with E-state index in [4.69, 9.17) is 9.84 Å². The Morgan fingerprint density at radius 3 is 2.55 bits per heavy atom. The molecule has 2 N–H and O–H groups in total. The van der Waals surface area contributed by atoms with Gasteiger partial charge < -0.3 is 15.2 Å². The summed E-state index contributed by atoms with van der Waals surface area (Å²) in [7, 11) is 0. The Labute approximate surface area is 116 Å². The van der Waals surface area contributed by atoms with E-state index in [0.29, 0.717) is 12.2 Å². The van der Waals surface area contributed by atoms with Crippen LogP contribution in [0.4, 0.5) is 4.39 Å². The van der Waals surface area contributed by atoms with E-state index < -0.39 is 23.7 Å². The molecule has 0 aliphatic carbocycles. The minimum absolute atomic E-state index is 0.304. The van der Waals surface area contributed by atoms with Crippen LogP contribution in [0.1, 0.15) is 26.2 Å². The summed E-state index contributed by atoms with van der Waals surface area (Å²) in [5.74, 6) is -1.62. The van der Waals surface area contributed by atoms with E-state index in [9.17, 15) is 14.0 Å². The van der Waals surface area contributed by atoms with E-state index in [-0.39, 0.29) is 6.61 Å². The molecular weight excluding hydrogens is 265 g/mol. The van der Waals surface area contributed by atoms with Crippen LogP contribution in [0.25, 0.3) is 0 Å². The van der Waals surface area contributed by atoms with Crippen LogP contribution in [0.5, 0.6) is 5.75 Å². The number of ether oxygens (including phenoxy) is 1. The zero-order valence-corrected chi connectivity index (χ0v) is 11.3. The van der Waals surface area contributed by atoms with Crippen molar-refractivity contribution in [1.29, 1.82) is 0 Å². The van der Waals surface area contributed by atoms with Gasteiger partial charge in [0.05, 0.1) is 0 Å². The molecule has 1 aromatic carbocycles. The maximum Gasteiger partial charge on any atom is 0.326 e. The van der Waals surface area contributed by atoms with Crippen molar-refractivity contribution in [2.24, 2.45) is 0 Å². The number of unbranched alkanes of at least 4 members (excludes halogenated alkanes) is 1. The van der Waals surface area contributed by atoms with Crippen LogP contribution in [0.2, 0.25) is 0 Å². The molecule has 6 heteroatoms. The van der Waals surface area contributed by atoms with Crippen molar-refractivity contribution >= 4 is 11.9 Å². The number of carboxylic acids is 1. The van der Waals surface area contributed by atoms with Crippen molar-refractivity contribution in [2.45, 2.75) is 32.2 Å². The number of aliphatic carboxylic acids is 1. The highest BCUT2D eigenvalue weighted by Gasteiger charge is 2.19. The number of nitrogens with one attached hydrogen (secondary N) is 1. The van der Waals surface area contributed by atoms with Crippen LogP contribution in [0.15, 0.2) is 24.3 Å². The maximum atomic E-state index is 12.7. The van der Waals surface area contributed by atoms with E-state index in [1.54, 1.807) is 0 Å². The van der Waals surface area contributed by atoms with E-state index in [0.717, 1.165) is 12.8 Å². The first-order chi connectivity index (χ1) is 9.52. The zero-order valence-electron chi connectivity index (χ0n) is 11.3. The van der Waals surface area contributed by atoms with Crippen molar-refractivity contribution in [3.63, 3.8) is 0 Å². The minimum atomic E-state index is -1.06. The maximum absolute atomic E-state index is 12.7. The third-order valence-corrected chi connectivity index (χ3v) is 2.66. The minimum Gasteiger partial charge on any atom is -0.484 e. The van der Waals surface area contributed by atoms with Gasteiger partial charge in [-0.2, -0.15) is 0 Å². The largest absolute Gasteiger partial charge is 0.484 e. The molecule has 0 saturated carbocycles. The lowest BCUT2D eigenvalue weighted by Crippen LogP contribution is -2.42. The average Bonchev–Trinajstić information content (AvgIpc) is 2.42. The molecule has 0 bridgehead atoms. The summed E-state index contributed by atoms with van der Waals surface area (Å²) >= 11 is 0. The van der Waals surface area contributed by atoms with E-state index in [1.807, 2.05) is 6.92 Å². The normalized spacial score (nSPS) is 11.7. The number of carbonyl (C=O) groups is 2. The Hall–Kier alpha value is -2.11. The first kappa shape index (κ1) is 15.9. The first-order valence-corrected chi connectivity index (χ1v) is 6.43. The molecule has 1 aromatic rings. The zero-order chi connectivity index (χ0) is 15.0. The number of amides is 1. The second-order valence-corrected chi connectivity index (χ2v) is 4.34. The van der Waals surface area contributed by atoms with Gasteiger partial charge in [0.2, 0.25) is 0 Å². The molecule has 1 unspecified atom stereocenters. The van der Waals surface area contributed by atoms with Crippen molar-refractivity contribution in [3.8, 4) is 5.75 Å². The molecular formula is C14H18FNO4. The van der Waals surface area contributed by atoms with E-state index >= 15 is 0 Å². The number of benzene rings is 1. The van der Waals surface area contributed by atoms with Crippen molar-refractivity contribution in [3.05, 3.63) is 30.1 Å². The van der Waals surface area contributed by atoms with Gasteiger partial charge in [-0.25, -0.2) is 9.18 Å². The summed E-state index contributed by atoms with van der Waals surface area (Å²) in [4.78, 5) is 22.5. The number of hydrogen-bond donors (Lipinski definition) is 2. The third-order valence-electron chi connectivity index (χ3n) is 2.66. The monoisotopic (exact) mass is 283 g/mol. The number of hydrogen-bond acceptors (Lipinski definition) is 3. The fourth-order valence-electron chi connectivity index (χ4n) is 1.58. The highest BCUT2D eigenvalue weighted by molar-refractivity contribution is 5.84. The molecule has 0 heterocycles. The number of rotatable bonds is 8. The number of carbonyl (C=O) groups excluding carboxylic acids is 1. The molecule has 1 atom stereocenters. The molecule has 0 aliphatic rings. The van der Waals surface area contributed by atoms with Gasteiger partial charge in [-0.3, -0.25) is 4.79 Å². The summed E-state index contributed by atoms with van der Waals surface area (Å²) < 4.78 is 17.8. The number of halogens is 1. The summed E-state index contributed by atoms with van der Waals surface area (Å²) in [5.41, 5.74) is 0. The molecule has 20 heavy (non-hydrogen) atoms. The highest BCUT2D eigenvalue weighted by atomic mass is 19.1. The van der Waals surface area contributed by atoms with Crippen LogP contribution >= 0.6 is 0 Å². The van der Waals surface area contributed by atoms with Gasteiger partial charge in [0.25, 0.3) is 5.91 Å². The van der Waals surface area contributed by atoms with Crippen molar-refractivity contribution in [2.75, 3.05) is 6.61 Å². The lowest BCUT2D eigenvalue weighted by Gasteiger charge is -2.14. The quantitative estimate of drug-likeness (QED) is 0.764. The molecule has 5 nitrogen and oxygen atoms in total. The summed E-state index contributed by atoms with van der Waals surface area (Å²) in [6.07, 6.45) is 1.95. The molecule has 0 saturated heterocycles. The molecule has 0 spiro atoms. The van der Waals surface area contributed by atoms with Gasteiger partial charge in [0.1, 0.15) is 17.6 Å². The standard InChI is InChI=1S/C14H18FNO4/c1-2-3-4-12(14(18)19)16-13(17)9-20-11-7-5-10(15)6-8-11/h5-8,12H,2-4,9H2,1H3,(H,16,17)(H,18,19). The topological polar surface area (TPSA) is 75.6 Å². The molecule has 1 rings (SSSR count). The van der Waals surface area contributed by atoms with Gasteiger partial charge in [0, 0.05) is 0 Å². The Balaban J connectivity index is 2.41. The average molecular weight is 283 g/mol. The van der Waals surface area contributed by atoms with Gasteiger partial charge in [-0.1, -0.05) is 19.8 Å². The fourth-order valence-corrected chi connectivity index (χ4v) is 1.58. The Bertz CT molecular complexity index is 447. The molecule has 0 radical (unpaired) electrons. The Kier molecular flexibility index (Phi) is 6.49. The SMILES string of the molecule is CCCCC(NC(=O)COc1ccc(F)cc1)C(=O)O. The Morgan fingerprint density at radius 1 is 1.35 bits per heavy atom. The molecule has 0 aliphatic heterocycles. The molecule has 0 aromatic heterocycles. The second-order valence-electron chi connectivity index (χ2n) is 4.34. The van der Waals surface area contributed by atoms with Crippen LogP contribution in [0.3, 0.4) is 0 Å². The van der Waals surface area contributed by atoms with E-state index in [2.05, 4.69) is 5.32 Å². The van der Waals surface area contributed by atoms with Gasteiger partial charge in [-0.05, 0) is 30.7 Å². The molecule has 110 valence electrons. The van der Waals surface area contributed by atoms with Crippen LogP contribution in [0, 0.1) is 5.82 Å². The highest BCUT2D eigenvalue weighted by Crippen LogP contribution is 2.10. The van der Waals surface area contributed by atoms with Crippen LogP contribution in [-0.4, -0.2) is 29.6 Å². The van der Waals surface area contributed by atoms with Crippen LogP contribution in [-0.2, 0) is 9.59 Å². The lowest BCUT2D eigenvalue weighted by atomic mass is 10.1. The number of carboxylic acid groups (broad SMARTS) is 1. The summed E-state index contributed by atoms with van der Waals surface area (Å²) in [6.45, 7) is 1.64. The molecule has 1 amide bonds. The summed E-state index contributed by atoms with van der Waals surface area (Å²) in [5, 5.41) is 11.4. The fraction of sp³-hybridized carbons (Fsp3) is 0.429. The van der Waals surface area contributed by atoms with Crippen molar-refractivity contribution < 1.29 is 23.8 Å². The smallest absolute Gasteiger partial charge is 0.326 e. The second kappa shape index (κ2) is 8.14. The van der Waals surface area contributed by atoms with Crippen molar-refractivity contribution in [1.82, 2.24) is 5.32 Å². The van der Waals surface area contributed by atoms with Gasteiger partial charge in [0.15, 0.2) is 6.61 Å². The van der Waals surface area contributed by atoms with Gasteiger partial charge >= 0.3 is 5.97 Å². The summed E-state index contributed by atoms with van der Waals surface area (Å²) in [6, 6.07) is 4.32. The predicted octanol–water partition coefficient (Wildman–Crippen LogP) is 1.96. The first-order valence-electron chi connectivity index (χ1n) is 6.43. The van der Waals surface area contributed by atoms with Gasteiger partial charge in [-0.15, -0.1) is 0 Å². The Morgan fingerprint density at radius 2 is 2.00 bits per heavy atom. The third kappa shape index (κ3) is 5.69. The van der Waals surface area contributed by atoms with Crippen LogP contribution < -0.4 is 10.1 Å². The van der Waals surface area contributed by atoms with E-state index in [1.165, 1.54) is 24.3 Å². The predicted molar refractivity (Wildman–Crippen MR) is 71.0 cm³/mol. The lowest BCUT2D eigenvalue weighted by molar-refractivity contribution is -0.142. The molecule has 0 fully saturated rings.